The third kappa shape index (κ3) is 5.65. The quantitative estimate of drug-likeness (QED) is 0.722. The zero-order chi connectivity index (χ0) is 16.0. The van der Waals surface area contributed by atoms with Gasteiger partial charge in [0, 0.05) is 25.2 Å². The Labute approximate surface area is 120 Å². The van der Waals surface area contributed by atoms with Crippen LogP contribution in [0.15, 0.2) is 0 Å². The SMILES string of the molecule is COC(=O)CC[C@@H](NC(=O)C1CCC(F)(F)CC1)C(=O)O. The van der Waals surface area contributed by atoms with Gasteiger partial charge in [-0.3, -0.25) is 9.59 Å². The van der Waals surface area contributed by atoms with Crippen molar-refractivity contribution in [1.82, 2.24) is 5.32 Å². The van der Waals surface area contributed by atoms with Crippen molar-refractivity contribution >= 4 is 17.8 Å². The summed E-state index contributed by atoms with van der Waals surface area (Å²) in [4.78, 5) is 33.9. The molecule has 0 saturated heterocycles. The molecule has 1 saturated carbocycles. The molecule has 0 aliphatic heterocycles. The third-order valence-corrected chi connectivity index (χ3v) is 3.57. The number of esters is 1. The standard InChI is InChI=1S/C13H19F2NO5/c1-21-10(17)3-2-9(12(19)20)16-11(18)8-4-6-13(14,15)7-5-8/h8-9H,2-7H2,1H3,(H,16,18)(H,19,20)/t9-/m1/s1. The van der Waals surface area contributed by atoms with Crippen LogP contribution in [0.1, 0.15) is 38.5 Å². The third-order valence-electron chi connectivity index (χ3n) is 3.57. The lowest BCUT2D eigenvalue weighted by Crippen LogP contribution is -2.45. The van der Waals surface area contributed by atoms with Gasteiger partial charge in [0.25, 0.3) is 0 Å². The van der Waals surface area contributed by atoms with Crippen LogP contribution in [0.2, 0.25) is 0 Å². The smallest absolute Gasteiger partial charge is 0.326 e. The molecule has 0 heterocycles. The molecule has 1 amide bonds. The topological polar surface area (TPSA) is 92.7 Å². The molecule has 1 fully saturated rings. The Balaban J connectivity index is 2.49. The highest BCUT2D eigenvalue weighted by atomic mass is 19.3. The van der Waals surface area contributed by atoms with E-state index in [1.807, 2.05) is 0 Å². The van der Waals surface area contributed by atoms with Crippen molar-refractivity contribution in [3.63, 3.8) is 0 Å². The molecule has 1 aliphatic rings. The van der Waals surface area contributed by atoms with Gasteiger partial charge in [0.05, 0.1) is 7.11 Å². The molecule has 0 bridgehead atoms. The van der Waals surface area contributed by atoms with Gasteiger partial charge >= 0.3 is 11.9 Å². The fourth-order valence-electron chi connectivity index (χ4n) is 2.21. The molecular weight excluding hydrogens is 288 g/mol. The second kappa shape index (κ2) is 7.33. The van der Waals surface area contributed by atoms with E-state index >= 15 is 0 Å². The fraction of sp³-hybridized carbons (Fsp3) is 0.769. The second-order valence-corrected chi connectivity index (χ2v) is 5.14. The van der Waals surface area contributed by atoms with E-state index in [0.717, 1.165) is 0 Å². The Bertz CT molecular complexity index is 403. The Morgan fingerprint density at radius 3 is 2.38 bits per heavy atom. The van der Waals surface area contributed by atoms with Gasteiger partial charge in [0.15, 0.2) is 0 Å². The molecule has 2 N–H and O–H groups in total. The lowest BCUT2D eigenvalue weighted by Gasteiger charge is -2.28. The highest BCUT2D eigenvalue weighted by Gasteiger charge is 2.38. The second-order valence-electron chi connectivity index (χ2n) is 5.14. The number of carbonyl (C=O) groups excluding carboxylic acids is 2. The minimum atomic E-state index is -2.74. The van der Waals surface area contributed by atoms with Gasteiger partial charge < -0.3 is 15.2 Å². The van der Waals surface area contributed by atoms with Gasteiger partial charge in [-0.2, -0.15) is 0 Å². The average molecular weight is 307 g/mol. The summed E-state index contributed by atoms with van der Waals surface area (Å²) < 4.78 is 30.4. The normalized spacial score (nSPS) is 19.6. The number of carboxylic acid groups (broad SMARTS) is 1. The van der Waals surface area contributed by atoms with Crippen molar-refractivity contribution in [2.75, 3.05) is 7.11 Å². The van der Waals surface area contributed by atoms with Gasteiger partial charge in [-0.25, -0.2) is 13.6 Å². The van der Waals surface area contributed by atoms with Crippen LogP contribution in [-0.2, 0) is 19.1 Å². The number of carboxylic acids is 1. The molecule has 1 rings (SSSR count). The molecule has 8 heteroatoms. The first kappa shape index (κ1) is 17.3. The van der Waals surface area contributed by atoms with Crippen LogP contribution in [-0.4, -0.2) is 42.0 Å². The maximum absolute atomic E-state index is 13.0. The predicted molar refractivity (Wildman–Crippen MR) is 67.7 cm³/mol. The van der Waals surface area contributed by atoms with E-state index in [-0.39, 0.29) is 38.5 Å². The van der Waals surface area contributed by atoms with E-state index in [2.05, 4.69) is 10.1 Å². The average Bonchev–Trinajstić information content (AvgIpc) is 2.42. The summed E-state index contributed by atoms with van der Waals surface area (Å²) in [6.45, 7) is 0. The number of aliphatic carboxylic acids is 1. The number of rotatable bonds is 6. The maximum atomic E-state index is 13.0. The highest BCUT2D eigenvalue weighted by Crippen LogP contribution is 2.36. The van der Waals surface area contributed by atoms with E-state index in [1.54, 1.807) is 0 Å². The van der Waals surface area contributed by atoms with Crippen molar-refractivity contribution < 1.29 is 33.0 Å². The largest absolute Gasteiger partial charge is 0.480 e. The van der Waals surface area contributed by atoms with Crippen LogP contribution in [0, 0.1) is 5.92 Å². The Morgan fingerprint density at radius 2 is 1.90 bits per heavy atom. The molecule has 1 atom stereocenters. The summed E-state index contributed by atoms with van der Waals surface area (Å²) in [6.07, 6.45) is -0.923. The molecule has 120 valence electrons. The van der Waals surface area contributed by atoms with Crippen molar-refractivity contribution in [2.45, 2.75) is 50.5 Å². The van der Waals surface area contributed by atoms with Crippen molar-refractivity contribution in [1.29, 1.82) is 0 Å². The molecule has 0 aromatic heterocycles. The first-order chi connectivity index (χ1) is 9.75. The maximum Gasteiger partial charge on any atom is 0.326 e. The first-order valence-electron chi connectivity index (χ1n) is 6.73. The van der Waals surface area contributed by atoms with Gasteiger partial charge in [0.2, 0.25) is 11.8 Å². The number of nitrogens with one attached hydrogen (secondary N) is 1. The van der Waals surface area contributed by atoms with Crippen LogP contribution in [0.3, 0.4) is 0 Å². The molecule has 0 aromatic rings. The van der Waals surface area contributed by atoms with Crippen LogP contribution < -0.4 is 5.32 Å². The van der Waals surface area contributed by atoms with E-state index in [4.69, 9.17) is 5.11 Å². The number of amides is 1. The molecule has 0 radical (unpaired) electrons. The molecule has 0 unspecified atom stereocenters. The fourth-order valence-corrected chi connectivity index (χ4v) is 2.21. The summed E-state index contributed by atoms with van der Waals surface area (Å²) in [5.41, 5.74) is 0. The highest BCUT2D eigenvalue weighted by molar-refractivity contribution is 5.85. The number of hydrogen-bond acceptors (Lipinski definition) is 4. The molecule has 1 aliphatic carbocycles. The summed E-state index contributed by atoms with van der Waals surface area (Å²) in [7, 11) is 1.18. The van der Waals surface area contributed by atoms with E-state index in [0.29, 0.717) is 0 Å². The molecule has 0 aromatic carbocycles. The minimum absolute atomic E-state index is 0.0299. The van der Waals surface area contributed by atoms with E-state index in [9.17, 15) is 23.2 Å². The van der Waals surface area contributed by atoms with Gasteiger partial charge in [-0.05, 0) is 19.3 Å². The van der Waals surface area contributed by atoms with Crippen LogP contribution in [0.25, 0.3) is 0 Å². The van der Waals surface area contributed by atoms with Crippen molar-refractivity contribution in [2.24, 2.45) is 5.92 Å². The number of methoxy groups -OCH3 is 1. The Kier molecular flexibility index (Phi) is 6.04. The zero-order valence-electron chi connectivity index (χ0n) is 11.7. The number of hydrogen-bond donors (Lipinski definition) is 2. The monoisotopic (exact) mass is 307 g/mol. The van der Waals surface area contributed by atoms with E-state index < -0.39 is 35.7 Å². The van der Waals surface area contributed by atoms with Crippen LogP contribution in [0.4, 0.5) is 8.78 Å². The summed E-state index contributed by atoms with van der Waals surface area (Å²) in [5.74, 6) is -5.75. The van der Waals surface area contributed by atoms with Gasteiger partial charge in [-0.15, -0.1) is 0 Å². The summed E-state index contributed by atoms with van der Waals surface area (Å²) in [6, 6.07) is -1.22. The zero-order valence-corrected chi connectivity index (χ0v) is 11.7. The van der Waals surface area contributed by atoms with Gasteiger partial charge in [0.1, 0.15) is 6.04 Å². The first-order valence-corrected chi connectivity index (χ1v) is 6.73. The number of halogens is 2. The van der Waals surface area contributed by atoms with E-state index in [1.165, 1.54) is 7.11 Å². The summed E-state index contributed by atoms with van der Waals surface area (Å²) >= 11 is 0. The predicted octanol–water partition coefficient (Wildman–Crippen LogP) is 1.33. The molecule has 0 spiro atoms. The number of alkyl halides is 2. The Morgan fingerprint density at radius 1 is 1.33 bits per heavy atom. The number of carbonyl (C=O) groups is 3. The van der Waals surface area contributed by atoms with Crippen molar-refractivity contribution in [3.8, 4) is 0 Å². The summed E-state index contributed by atoms with van der Waals surface area (Å²) in [5, 5.41) is 11.3. The molecular formula is C13H19F2NO5. The minimum Gasteiger partial charge on any atom is -0.480 e. The number of ether oxygens (including phenoxy) is 1. The lowest BCUT2D eigenvalue weighted by molar-refractivity contribution is -0.145. The van der Waals surface area contributed by atoms with Crippen molar-refractivity contribution in [3.05, 3.63) is 0 Å². The Hall–Kier alpha value is -1.73. The molecule has 21 heavy (non-hydrogen) atoms. The lowest BCUT2D eigenvalue weighted by atomic mass is 9.86. The molecule has 6 nitrogen and oxygen atoms in total. The van der Waals surface area contributed by atoms with Crippen LogP contribution >= 0.6 is 0 Å². The van der Waals surface area contributed by atoms with Gasteiger partial charge in [-0.1, -0.05) is 0 Å². The van der Waals surface area contributed by atoms with Crippen LogP contribution in [0.5, 0.6) is 0 Å².